The zero-order valence-corrected chi connectivity index (χ0v) is 15.0. The summed E-state index contributed by atoms with van der Waals surface area (Å²) in [6.07, 6.45) is 0.193. The number of hydrogen-bond acceptors (Lipinski definition) is 4. The molecule has 0 saturated carbocycles. The van der Waals surface area contributed by atoms with Gasteiger partial charge in [-0.05, 0) is 24.6 Å². The molecule has 1 aliphatic rings. The monoisotopic (exact) mass is 362 g/mol. The first kappa shape index (κ1) is 20.2. The minimum absolute atomic E-state index is 0. The molecule has 1 saturated heterocycles. The highest BCUT2D eigenvalue weighted by Gasteiger charge is 2.23. The minimum Gasteiger partial charge on any atom is -0.378 e. The van der Waals surface area contributed by atoms with Crippen molar-refractivity contribution in [3.05, 3.63) is 34.9 Å². The molecule has 1 aliphatic heterocycles. The number of nitrogens with one attached hydrogen (secondary N) is 2. The molecule has 23 heavy (non-hydrogen) atoms. The molecule has 3 unspecified atom stereocenters. The van der Waals surface area contributed by atoms with Crippen molar-refractivity contribution in [3.63, 3.8) is 0 Å². The van der Waals surface area contributed by atoms with E-state index in [-0.39, 0.29) is 36.5 Å². The molecule has 0 aromatic heterocycles. The largest absolute Gasteiger partial charge is 0.378 e. The third-order valence-corrected chi connectivity index (χ3v) is 3.98. The van der Waals surface area contributed by atoms with E-state index in [1.54, 1.807) is 7.11 Å². The van der Waals surface area contributed by atoms with Gasteiger partial charge >= 0.3 is 0 Å². The average Bonchev–Trinajstić information content (AvgIpc) is 2.50. The predicted octanol–water partition coefficient (Wildman–Crippen LogP) is 2.33. The van der Waals surface area contributed by atoms with Crippen LogP contribution in [0.1, 0.15) is 25.0 Å². The van der Waals surface area contributed by atoms with Gasteiger partial charge in [-0.3, -0.25) is 4.79 Å². The van der Waals surface area contributed by atoms with Gasteiger partial charge in [-0.25, -0.2) is 0 Å². The van der Waals surface area contributed by atoms with Gasteiger partial charge in [0.1, 0.15) is 6.10 Å². The lowest BCUT2D eigenvalue weighted by molar-refractivity contribution is -0.123. The Bertz CT molecular complexity index is 479. The summed E-state index contributed by atoms with van der Waals surface area (Å²) in [6, 6.07) is 7.41. The molecule has 2 rings (SSSR count). The van der Waals surface area contributed by atoms with Gasteiger partial charge in [0.25, 0.3) is 0 Å². The number of ether oxygens (including phenoxy) is 2. The van der Waals surface area contributed by atoms with Crippen LogP contribution in [0.5, 0.6) is 0 Å². The van der Waals surface area contributed by atoms with Gasteiger partial charge < -0.3 is 20.1 Å². The molecule has 2 N–H and O–H groups in total. The Balaban J connectivity index is 0.00000264. The molecular formula is C16H24Cl2N2O3. The van der Waals surface area contributed by atoms with Crippen molar-refractivity contribution >= 4 is 29.9 Å². The molecule has 1 aromatic rings. The van der Waals surface area contributed by atoms with Crippen molar-refractivity contribution in [2.45, 2.75) is 31.5 Å². The maximum Gasteiger partial charge on any atom is 0.221 e. The van der Waals surface area contributed by atoms with Crippen LogP contribution in [0.2, 0.25) is 5.02 Å². The van der Waals surface area contributed by atoms with E-state index in [4.69, 9.17) is 21.1 Å². The van der Waals surface area contributed by atoms with Crippen LogP contribution in [0, 0.1) is 0 Å². The van der Waals surface area contributed by atoms with Crippen LogP contribution in [0.25, 0.3) is 0 Å². The molecule has 130 valence electrons. The van der Waals surface area contributed by atoms with Gasteiger partial charge in [0.2, 0.25) is 5.91 Å². The maximum atomic E-state index is 12.1. The normalized spacial score (nSPS) is 20.2. The van der Waals surface area contributed by atoms with Crippen molar-refractivity contribution in [1.29, 1.82) is 0 Å². The molecule has 1 amide bonds. The Hall–Kier alpha value is -0.850. The van der Waals surface area contributed by atoms with E-state index in [9.17, 15) is 4.79 Å². The third kappa shape index (κ3) is 6.28. The summed E-state index contributed by atoms with van der Waals surface area (Å²) in [5, 5.41) is 6.95. The van der Waals surface area contributed by atoms with E-state index in [2.05, 4.69) is 10.6 Å². The molecule has 1 heterocycles. The summed E-state index contributed by atoms with van der Waals surface area (Å²) in [6.45, 7) is 4.01. The van der Waals surface area contributed by atoms with Crippen molar-refractivity contribution in [2.24, 2.45) is 0 Å². The Morgan fingerprint density at radius 1 is 1.48 bits per heavy atom. The van der Waals surface area contributed by atoms with E-state index >= 15 is 0 Å². The lowest BCUT2D eigenvalue weighted by atomic mass is 10.0. The van der Waals surface area contributed by atoms with E-state index in [1.165, 1.54) is 0 Å². The molecule has 5 nitrogen and oxygen atoms in total. The summed E-state index contributed by atoms with van der Waals surface area (Å²) >= 11 is 5.90. The van der Waals surface area contributed by atoms with Crippen LogP contribution in [0.3, 0.4) is 0 Å². The second-order valence-corrected chi connectivity index (χ2v) is 5.93. The SMILES string of the molecule is COC(c1ccc(Cl)cc1)C(C)NC(=O)CC1COCCN1.Cl. The fourth-order valence-corrected chi connectivity index (χ4v) is 2.77. The number of methoxy groups -OCH3 is 1. The van der Waals surface area contributed by atoms with Crippen LogP contribution in [0.15, 0.2) is 24.3 Å². The number of carbonyl (C=O) groups is 1. The van der Waals surface area contributed by atoms with Crippen LogP contribution in [-0.2, 0) is 14.3 Å². The molecule has 0 bridgehead atoms. The Kier molecular flexibility index (Phi) is 8.87. The van der Waals surface area contributed by atoms with Crippen molar-refractivity contribution < 1.29 is 14.3 Å². The number of rotatable bonds is 6. The van der Waals surface area contributed by atoms with Gasteiger partial charge in [0.05, 0.1) is 19.3 Å². The quantitative estimate of drug-likeness (QED) is 0.815. The first-order valence-electron chi connectivity index (χ1n) is 7.49. The predicted molar refractivity (Wildman–Crippen MR) is 93.3 cm³/mol. The van der Waals surface area contributed by atoms with Gasteiger partial charge in [0.15, 0.2) is 0 Å². The number of carbonyl (C=O) groups excluding carboxylic acids is 1. The molecule has 1 fully saturated rings. The van der Waals surface area contributed by atoms with E-state index in [0.29, 0.717) is 24.7 Å². The number of amides is 1. The molecule has 0 aliphatic carbocycles. The number of benzene rings is 1. The fraction of sp³-hybridized carbons (Fsp3) is 0.562. The summed E-state index contributed by atoms with van der Waals surface area (Å²) in [7, 11) is 1.64. The Morgan fingerprint density at radius 3 is 2.74 bits per heavy atom. The molecule has 1 aromatic carbocycles. The van der Waals surface area contributed by atoms with E-state index in [1.807, 2.05) is 31.2 Å². The fourth-order valence-electron chi connectivity index (χ4n) is 2.64. The van der Waals surface area contributed by atoms with Gasteiger partial charge in [0, 0.05) is 31.1 Å². The zero-order valence-electron chi connectivity index (χ0n) is 13.4. The molecule has 3 atom stereocenters. The first-order chi connectivity index (χ1) is 10.6. The molecule has 7 heteroatoms. The Morgan fingerprint density at radius 2 is 2.17 bits per heavy atom. The summed E-state index contributed by atoms with van der Waals surface area (Å²) in [5.74, 6) is -0.00786. The van der Waals surface area contributed by atoms with Crippen molar-refractivity contribution in [2.75, 3.05) is 26.9 Å². The maximum absolute atomic E-state index is 12.1. The lowest BCUT2D eigenvalue weighted by Crippen LogP contribution is -2.46. The summed E-state index contributed by atoms with van der Waals surface area (Å²) < 4.78 is 10.9. The second-order valence-electron chi connectivity index (χ2n) is 5.49. The van der Waals surface area contributed by atoms with Crippen LogP contribution in [0.4, 0.5) is 0 Å². The van der Waals surface area contributed by atoms with Gasteiger partial charge in [-0.2, -0.15) is 0 Å². The molecule has 0 radical (unpaired) electrons. The van der Waals surface area contributed by atoms with E-state index in [0.717, 1.165) is 12.1 Å². The average molecular weight is 363 g/mol. The number of halogens is 2. The topological polar surface area (TPSA) is 59.6 Å². The van der Waals surface area contributed by atoms with Gasteiger partial charge in [-0.1, -0.05) is 23.7 Å². The smallest absolute Gasteiger partial charge is 0.221 e. The van der Waals surface area contributed by atoms with Crippen molar-refractivity contribution in [3.8, 4) is 0 Å². The third-order valence-electron chi connectivity index (χ3n) is 3.73. The summed E-state index contributed by atoms with van der Waals surface area (Å²) in [5.41, 5.74) is 0.985. The highest BCUT2D eigenvalue weighted by atomic mass is 35.5. The highest BCUT2D eigenvalue weighted by molar-refractivity contribution is 6.30. The van der Waals surface area contributed by atoms with Crippen LogP contribution < -0.4 is 10.6 Å². The van der Waals surface area contributed by atoms with E-state index < -0.39 is 0 Å². The molecule has 0 spiro atoms. The highest BCUT2D eigenvalue weighted by Crippen LogP contribution is 2.22. The van der Waals surface area contributed by atoms with Crippen LogP contribution in [-0.4, -0.2) is 44.9 Å². The summed E-state index contributed by atoms with van der Waals surface area (Å²) in [4.78, 5) is 12.1. The number of hydrogen-bond donors (Lipinski definition) is 2. The zero-order chi connectivity index (χ0) is 15.9. The number of morpholine rings is 1. The lowest BCUT2D eigenvalue weighted by Gasteiger charge is -2.27. The van der Waals surface area contributed by atoms with Gasteiger partial charge in [-0.15, -0.1) is 12.4 Å². The standard InChI is InChI=1S/C16H23ClN2O3.ClH/c1-11(16(21-2)12-3-5-13(17)6-4-12)19-15(20)9-14-10-22-8-7-18-14;/h3-6,11,14,16,18H,7-10H2,1-2H3,(H,19,20);1H. The molecular weight excluding hydrogens is 339 g/mol. The minimum atomic E-state index is -0.211. The Labute approximate surface area is 148 Å². The van der Waals surface area contributed by atoms with Crippen molar-refractivity contribution in [1.82, 2.24) is 10.6 Å². The second kappa shape index (κ2) is 10.1. The van der Waals surface area contributed by atoms with Crippen LogP contribution >= 0.6 is 24.0 Å². The first-order valence-corrected chi connectivity index (χ1v) is 7.86.